The molecule has 0 radical (unpaired) electrons. The summed E-state index contributed by atoms with van der Waals surface area (Å²) in [5, 5.41) is 13.2. The van der Waals surface area contributed by atoms with Gasteiger partial charge in [0.1, 0.15) is 5.69 Å². The molecule has 0 N–H and O–H groups in total. The first-order valence-electron chi connectivity index (χ1n) is 17.3. The van der Waals surface area contributed by atoms with Crippen molar-refractivity contribution in [1.82, 2.24) is 19.9 Å². The fourth-order valence-corrected chi connectivity index (χ4v) is 7.45. The third-order valence-corrected chi connectivity index (χ3v) is 9.78. The standard InChI is InChI=1S/C45H31N5O3.Ni/c1-53-45-43-41(31-20-12-5-13-21-31)37-27-25-35(48-37)39(29-16-8-3-9-17-29)33-23-22-32(46-33)38(28-14-6-2-7-15-28)34-24-26-36(47-34)40(30-18-10-4-11-19-30)42(49-43)44(45)50(51)52;/h2-27,44-45H,1H3;/q-2;+2/t44-,45-;/m1./s1. The molecule has 8 bridgehead atoms. The van der Waals surface area contributed by atoms with E-state index in [1.54, 1.807) is 0 Å². The van der Waals surface area contributed by atoms with Crippen LogP contribution in [0.3, 0.4) is 0 Å². The monoisotopic (exact) mass is 747 g/mol. The van der Waals surface area contributed by atoms with E-state index in [4.69, 9.17) is 24.7 Å². The van der Waals surface area contributed by atoms with Gasteiger partial charge in [0.25, 0.3) is 6.04 Å². The predicted octanol–water partition coefficient (Wildman–Crippen LogP) is 10.1. The Balaban J connectivity index is 0.00000413. The fraction of sp³-hybridized carbons (Fsp3) is 0.0667. The van der Waals surface area contributed by atoms with E-state index in [-0.39, 0.29) is 27.1 Å². The molecule has 0 spiro atoms. The molecule has 54 heavy (non-hydrogen) atoms. The van der Waals surface area contributed by atoms with Crippen LogP contribution >= 0.6 is 0 Å². The van der Waals surface area contributed by atoms with E-state index in [0.29, 0.717) is 38.9 Å². The number of benzene rings is 4. The van der Waals surface area contributed by atoms with Crippen molar-refractivity contribution in [2.45, 2.75) is 12.1 Å². The van der Waals surface area contributed by atoms with E-state index < -0.39 is 12.1 Å². The van der Waals surface area contributed by atoms with Crippen molar-refractivity contribution < 1.29 is 26.2 Å². The molecule has 5 heterocycles. The Morgan fingerprint density at radius 1 is 0.519 bits per heavy atom. The second-order valence-electron chi connectivity index (χ2n) is 12.9. The van der Waals surface area contributed by atoms with Gasteiger partial charge in [-0.05, 0) is 56.7 Å². The van der Waals surface area contributed by atoms with Crippen molar-refractivity contribution in [3.8, 4) is 44.5 Å². The number of hydrogen-bond acceptors (Lipinski definition) is 5. The van der Waals surface area contributed by atoms with Crippen LogP contribution in [0, 0.1) is 10.1 Å². The molecule has 4 aromatic carbocycles. The molecule has 9 rings (SSSR count). The number of aromatic nitrogens is 4. The third-order valence-electron chi connectivity index (χ3n) is 9.78. The Hall–Kier alpha value is -6.41. The minimum atomic E-state index is -1.32. The van der Waals surface area contributed by atoms with E-state index in [9.17, 15) is 10.1 Å². The van der Waals surface area contributed by atoms with Gasteiger partial charge in [-0.1, -0.05) is 146 Å². The first-order valence-corrected chi connectivity index (χ1v) is 17.3. The minimum Gasteiger partial charge on any atom is -0.657 e. The van der Waals surface area contributed by atoms with Gasteiger partial charge < -0.3 is 14.7 Å². The number of rotatable bonds is 6. The number of nitro groups is 1. The minimum absolute atomic E-state index is 0. The smallest absolute Gasteiger partial charge is 0.657 e. The van der Waals surface area contributed by atoms with Gasteiger partial charge >= 0.3 is 16.5 Å². The van der Waals surface area contributed by atoms with Crippen LogP contribution in [0.15, 0.2) is 146 Å². The summed E-state index contributed by atoms with van der Waals surface area (Å²) < 4.78 is 6.05. The Bertz CT molecular complexity index is 2690. The Morgan fingerprint density at radius 3 is 1.24 bits per heavy atom. The number of nitrogens with zero attached hydrogens (tertiary/aromatic N) is 5. The van der Waals surface area contributed by atoms with Crippen molar-refractivity contribution in [2.75, 3.05) is 7.11 Å². The van der Waals surface area contributed by atoms with Crippen molar-refractivity contribution in [1.29, 1.82) is 0 Å². The van der Waals surface area contributed by atoms with Crippen molar-refractivity contribution in [2.24, 2.45) is 0 Å². The molecule has 3 aromatic heterocycles. The van der Waals surface area contributed by atoms with Gasteiger partial charge in [0, 0.05) is 12.0 Å². The molecular weight excluding hydrogens is 717 g/mol. The molecule has 0 aliphatic carbocycles. The predicted molar refractivity (Wildman–Crippen MR) is 209 cm³/mol. The molecule has 8 nitrogen and oxygen atoms in total. The van der Waals surface area contributed by atoms with Gasteiger partial charge in [-0.2, -0.15) is 0 Å². The average Bonchev–Trinajstić information content (AvgIpc) is 4.03. The number of ether oxygens (including phenoxy) is 1. The molecule has 2 atom stereocenters. The summed E-state index contributed by atoms with van der Waals surface area (Å²) in [6, 6.07) is 46.0. The van der Waals surface area contributed by atoms with Crippen LogP contribution in [0.2, 0.25) is 0 Å². The van der Waals surface area contributed by atoms with Crippen LogP contribution in [-0.2, 0) is 21.2 Å². The second kappa shape index (κ2) is 14.5. The summed E-state index contributed by atoms with van der Waals surface area (Å²) in [5.74, 6) is 0. The molecule has 0 fully saturated rings. The molecule has 2 aliphatic rings. The topological polar surface area (TPSA) is 106 Å². The summed E-state index contributed by atoms with van der Waals surface area (Å²) in [5.41, 5.74) is 11.2. The molecule has 264 valence electrons. The van der Waals surface area contributed by atoms with E-state index in [1.807, 2.05) is 146 Å². The van der Waals surface area contributed by atoms with E-state index in [1.165, 1.54) is 7.11 Å². The maximum Gasteiger partial charge on any atom is 2.00 e. The summed E-state index contributed by atoms with van der Waals surface area (Å²) >= 11 is 0. The second-order valence-corrected chi connectivity index (χ2v) is 12.9. The Morgan fingerprint density at radius 2 is 0.870 bits per heavy atom. The van der Waals surface area contributed by atoms with Crippen molar-refractivity contribution in [3.05, 3.63) is 178 Å². The van der Waals surface area contributed by atoms with Gasteiger partial charge in [-0.3, -0.25) is 10.1 Å². The molecular formula is C45H31N5NiO3. The fourth-order valence-electron chi connectivity index (χ4n) is 7.45. The summed E-state index contributed by atoms with van der Waals surface area (Å²) in [4.78, 5) is 33.9. The van der Waals surface area contributed by atoms with E-state index in [0.717, 1.165) is 44.8 Å². The summed E-state index contributed by atoms with van der Waals surface area (Å²) in [6.45, 7) is 0. The molecule has 7 aromatic rings. The van der Waals surface area contributed by atoms with Crippen molar-refractivity contribution >= 4 is 34.2 Å². The zero-order chi connectivity index (χ0) is 35.9. The molecule has 0 saturated carbocycles. The normalized spacial score (nSPS) is 14.8. The maximum atomic E-state index is 13.2. The van der Waals surface area contributed by atoms with Crippen LogP contribution in [-0.4, -0.2) is 22.0 Å². The molecule has 0 saturated heterocycles. The summed E-state index contributed by atoms with van der Waals surface area (Å²) in [7, 11) is 1.50. The Labute approximate surface area is 321 Å². The van der Waals surface area contributed by atoms with Gasteiger partial charge in [0.05, 0.1) is 17.1 Å². The van der Waals surface area contributed by atoms with Crippen molar-refractivity contribution in [3.63, 3.8) is 0 Å². The molecule has 0 unspecified atom stereocenters. The van der Waals surface area contributed by atoms with Crippen LogP contribution in [0.4, 0.5) is 0 Å². The molecule has 9 heteroatoms. The summed E-state index contributed by atoms with van der Waals surface area (Å²) in [6.07, 6.45) is 3.04. The van der Waals surface area contributed by atoms with E-state index >= 15 is 0 Å². The zero-order valence-corrected chi connectivity index (χ0v) is 29.9. The van der Waals surface area contributed by atoms with Crippen LogP contribution < -0.4 is 9.97 Å². The number of hydrogen-bond donors (Lipinski definition) is 0. The zero-order valence-electron chi connectivity index (χ0n) is 28.9. The van der Waals surface area contributed by atoms with Crippen LogP contribution in [0.5, 0.6) is 0 Å². The Kier molecular flexibility index (Phi) is 9.34. The van der Waals surface area contributed by atoms with Gasteiger partial charge in [0.15, 0.2) is 6.10 Å². The van der Waals surface area contributed by atoms with Gasteiger partial charge in [0.2, 0.25) is 0 Å². The quantitative estimate of drug-likeness (QED) is 0.0947. The molecule has 0 amide bonds. The molecule has 2 aliphatic heterocycles. The van der Waals surface area contributed by atoms with Crippen LogP contribution in [0.25, 0.3) is 78.7 Å². The first-order chi connectivity index (χ1) is 26.1. The third kappa shape index (κ3) is 6.03. The van der Waals surface area contributed by atoms with Crippen LogP contribution in [0.1, 0.15) is 34.9 Å². The average molecular weight is 748 g/mol. The number of methoxy groups -OCH3 is 1. The first kappa shape index (κ1) is 34.7. The number of fused-ring (bicyclic) bond motifs is 8. The van der Waals surface area contributed by atoms with Gasteiger partial charge in [-0.15, -0.1) is 22.1 Å². The van der Waals surface area contributed by atoms with Gasteiger partial charge in [-0.25, -0.2) is 9.97 Å². The SMILES string of the molecule is CO[C@@H]1c2nc(c(-c3ccccc3)c3ccc([n-]3)c(-c3ccccc3)c3nc(c(-c4ccccc4)c4ccc([n-]4)c2-c2ccccc2)C=C3)[C@H]1[N+](=O)[O-].[Ni+2]. The maximum absolute atomic E-state index is 13.2. The van der Waals surface area contributed by atoms with E-state index in [2.05, 4.69) is 12.1 Å². The largest absolute Gasteiger partial charge is 2.00 e.